The molecule has 0 aliphatic heterocycles. The van der Waals surface area contributed by atoms with Gasteiger partial charge >= 0.3 is 0 Å². The number of nitrogens with one attached hydrogen (secondary N) is 1. The highest BCUT2D eigenvalue weighted by atomic mass is 16.1. The number of anilines is 1. The van der Waals surface area contributed by atoms with Crippen molar-refractivity contribution >= 4 is 11.9 Å². The van der Waals surface area contributed by atoms with Crippen LogP contribution in [0.4, 0.5) is 5.95 Å². The molecule has 0 atom stereocenters. The van der Waals surface area contributed by atoms with Crippen molar-refractivity contribution in [2.24, 2.45) is 0 Å². The van der Waals surface area contributed by atoms with Crippen LogP contribution in [0.5, 0.6) is 0 Å². The predicted molar refractivity (Wildman–Crippen MR) is 87.2 cm³/mol. The molecule has 0 aliphatic rings. The second-order valence-corrected chi connectivity index (χ2v) is 5.33. The number of aromatic nitrogens is 4. The zero-order valence-corrected chi connectivity index (χ0v) is 13.0. The van der Waals surface area contributed by atoms with E-state index < -0.39 is 0 Å². The van der Waals surface area contributed by atoms with E-state index in [2.05, 4.69) is 20.4 Å². The molecule has 6 nitrogen and oxygen atoms in total. The minimum Gasteiger partial charge on any atom is -0.290 e. The largest absolute Gasteiger partial charge is 0.290 e. The lowest BCUT2D eigenvalue weighted by atomic mass is 10.1. The smallest absolute Gasteiger partial charge is 0.258 e. The maximum atomic E-state index is 12.3. The third-order valence-electron chi connectivity index (χ3n) is 3.33. The van der Waals surface area contributed by atoms with Crippen LogP contribution in [0.3, 0.4) is 0 Å². The van der Waals surface area contributed by atoms with Crippen molar-refractivity contribution in [2.75, 3.05) is 5.32 Å². The Bertz CT molecular complexity index is 789. The molecule has 116 valence electrons. The van der Waals surface area contributed by atoms with E-state index in [0.717, 1.165) is 17.0 Å². The van der Waals surface area contributed by atoms with Gasteiger partial charge in [0.15, 0.2) is 0 Å². The highest BCUT2D eigenvalue weighted by Gasteiger charge is 2.08. The van der Waals surface area contributed by atoms with Gasteiger partial charge in [0, 0.05) is 29.3 Å². The van der Waals surface area contributed by atoms with Gasteiger partial charge < -0.3 is 0 Å². The zero-order chi connectivity index (χ0) is 16.2. The van der Waals surface area contributed by atoms with Crippen LogP contribution in [0.2, 0.25) is 0 Å². The normalized spacial score (nSPS) is 10.5. The van der Waals surface area contributed by atoms with Gasteiger partial charge in [-0.05, 0) is 43.7 Å². The lowest BCUT2D eigenvalue weighted by Crippen LogP contribution is -2.15. The minimum atomic E-state index is -0.222. The molecule has 0 unspecified atom stereocenters. The van der Waals surface area contributed by atoms with Crippen LogP contribution >= 0.6 is 0 Å². The van der Waals surface area contributed by atoms with Crippen LogP contribution in [-0.2, 0) is 6.54 Å². The molecule has 1 aromatic carbocycles. The summed E-state index contributed by atoms with van der Waals surface area (Å²) in [6.07, 6.45) is 3.64. The summed E-state index contributed by atoms with van der Waals surface area (Å²) in [6, 6.07) is 11.1. The van der Waals surface area contributed by atoms with Crippen LogP contribution in [0.15, 0.2) is 48.8 Å². The first-order valence-electron chi connectivity index (χ1n) is 7.30. The molecule has 2 aromatic heterocycles. The van der Waals surface area contributed by atoms with Gasteiger partial charge in [-0.25, -0.2) is 9.97 Å². The molecule has 2 heterocycles. The number of carbonyl (C=O) groups excluding carboxylic acids is 1. The Labute approximate surface area is 134 Å². The van der Waals surface area contributed by atoms with Gasteiger partial charge in [0.25, 0.3) is 5.91 Å². The molecule has 3 aromatic rings. The molecule has 1 N–H and O–H groups in total. The fourth-order valence-electron chi connectivity index (χ4n) is 2.30. The maximum absolute atomic E-state index is 12.3. The molecule has 0 saturated heterocycles. The molecule has 0 bridgehead atoms. The average molecular weight is 307 g/mol. The zero-order valence-electron chi connectivity index (χ0n) is 13.0. The molecule has 23 heavy (non-hydrogen) atoms. The Kier molecular flexibility index (Phi) is 4.14. The predicted octanol–water partition coefficient (Wildman–Crippen LogP) is 2.59. The number of carbonyl (C=O) groups is 1. The van der Waals surface area contributed by atoms with Crippen LogP contribution in [0.1, 0.15) is 27.3 Å². The van der Waals surface area contributed by atoms with Gasteiger partial charge in [-0.2, -0.15) is 5.10 Å². The van der Waals surface area contributed by atoms with Crippen molar-refractivity contribution in [1.29, 1.82) is 0 Å². The summed E-state index contributed by atoms with van der Waals surface area (Å²) in [5, 5.41) is 6.89. The quantitative estimate of drug-likeness (QED) is 0.804. The Morgan fingerprint density at radius 3 is 2.43 bits per heavy atom. The second-order valence-electron chi connectivity index (χ2n) is 5.33. The molecule has 6 heteroatoms. The summed E-state index contributed by atoms with van der Waals surface area (Å²) in [7, 11) is 0. The summed E-state index contributed by atoms with van der Waals surface area (Å²) in [4.78, 5) is 20.7. The van der Waals surface area contributed by atoms with E-state index in [-0.39, 0.29) is 5.91 Å². The first-order chi connectivity index (χ1) is 11.1. The minimum absolute atomic E-state index is 0.222. The van der Waals surface area contributed by atoms with Crippen molar-refractivity contribution in [3.8, 4) is 0 Å². The molecule has 3 rings (SSSR count). The number of nitrogens with zero attached hydrogens (tertiary/aromatic N) is 4. The third-order valence-corrected chi connectivity index (χ3v) is 3.33. The third kappa shape index (κ3) is 3.79. The van der Waals surface area contributed by atoms with Gasteiger partial charge in [-0.15, -0.1) is 0 Å². The van der Waals surface area contributed by atoms with E-state index >= 15 is 0 Å². The standard InChI is InChI=1S/C17H17N5O/c1-12-10-13(2)20-17(19-12)21-16(23)15-6-4-14(5-7-15)11-22-9-3-8-18-22/h3-10H,11H2,1-2H3,(H,19,20,21,23). The molecule has 0 spiro atoms. The monoisotopic (exact) mass is 307 g/mol. The number of hydrogen-bond donors (Lipinski definition) is 1. The highest BCUT2D eigenvalue weighted by Crippen LogP contribution is 2.09. The van der Waals surface area contributed by atoms with Crippen LogP contribution < -0.4 is 5.32 Å². The van der Waals surface area contributed by atoms with Crippen molar-refractivity contribution in [3.05, 3.63) is 71.3 Å². The Morgan fingerprint density at radius 1 is 1.13 bits per heavy atom. The topological polar surface area (TPSA) is 72.7 Å². The van der Waals surface area contributed by atoms with Gasteiger partial charge in [0.05, 0.1) is 6.54 Å². The average Bonchev–Trinajstić information content (AvgIpc) is 3.00. The maximum Gasteiger partial charge on any atom is 0.258 e. The van der Waals surface area contributed by atoms with E-state index in [9.17, 15) is 4.79 Å². The number of hydrogen-bond acceptors (Lipinski definition) is 4. The van der Waals surface area contributed by atoms with Gasteiger partial charge in [-0.1, -0.05) is 12.1 Å². The lowest BCUT2D eigenvalue weighted by Gasteiger charge is -2.07. The van der Waals surface area contributed by atoms with E-state index in [1.807, 2.05) is 49.0 Å². The van der Waals surface area contributed by atoms with Gasteiger partial charge in [0.2, 0.25) is 5.95 Å². The number of benzene rings is 1. The van der Waals surface area contributed by atoms with Crippen molar-refractivity contribution in [2.45, 2.75) is 20.4 Å². The first kappa shape index (κ1) is 14.9. The van der Waals surface area contributed by atoms with Crippen molar-refractivity contribution in [1.82, 2.24) is 19.7 Å². The van der Waals surface area contributed by atoms with E-state index in [4.69, 9.17) is 0 Å². The van der Waals surface area contributed by atoms with Crippen LogP contribution in [-0.4, -0.2) is 25.7 Å². The van der Waals surface area contributed by atoms with Crippen LogP contribution in [0.25, 0.3) is 0 Å². The van der Waals surface area contributed by atoms with E-state index in [1.54, 1.807) is 18.3 Å². The molecule has 0 radical (unpaired) electrons. The fourth-order valence-corrected chi connectivity index (χ4v) is 2.30. The molecule has 0 saturated carbocycles. The molecular formula is C17H17N5O. The van der Waals surface area contributed by atoms with E-state index in [1.165, 1.54) is 0 Å². The summed E-state index contributed by atoms with van der Waals surface area (Å²) >= 11 is 0. The van der Waals surface area contributed by atoms with Crippen LogP contribution in [0, 0.1) is 13.8 Å². The lowest BCUT2D eigenvalue weighted by molar-refractivity contribution is 0.102. The Hall–Kier alpha value is -3.02. The van der Waals surface area contributed by atoms with Crippen molar-refractivity contribution < 1.29 is 4.79 Å². The van der Waals surface area contributed by atoms with Crippen molar-refractivity contribution in [3.63, 3.8) is 0 Å². The first-order valence-corrected chi connectivity index (χ1v) is 7.30. The number of aryl methyl sites for hydroxylation is 2. The van der Waals surface area contributed by atoms with Gasteiger partial charge in [-0.3, -0.25) is 14.8 Å². The second kappa shape index (κ2) is 6.39. The SMILES string of the molecule is Cc1cc(C)nc(NC(=O)c2ccc(Cn3cccn3)cc2)n1. The Balaban J connectivity index is 1.70. The summed E-state index contributed by atoms with van der Waals surface area (Å²) in [5.41, 5.74) is 3.29. The molecule has 0 fully saturated rings. The number of rotatable bonds is 4. The van der Waals surface area contributed by atoms with E-state index in [0.29, 0.717) is 18.1 Å². The molecule has 0 aliphatic carbocycles. The fraction of sp³-hybridized carbons (Fsp3) is 0.176. The summed E-state index contributed by atoms with van der Waals surface area (Å²) in [5.74, 6) is 0.105. The van der Waals surface area contributed by atoms with Gasteiger partial charge in [0.1, 0.15) is 0 Å². The summed E-state index contributed by atoms with van der Waals surface area (Å²) < 4.78 is 1.83. The number of amides is 1. The molecular weight excluding hydrogens is 290 g/mol. The molecule has 1 amide bonds. The summed E-state index contributed by atoms with van der Waals surface area (Å²) in [6.45, 7) is 4.41. The Morgan fingerprint density at radius 2 is 1.83 bits per heavy atom. The highest BCUT2D eigenvalue weighted by molar-refractivity contribution is 6.03.